The predicted molar refractivity (Wildman–Crippen MR) is 80.5 cm³/mol. The number of halogens is 1. The van der Waals surface area contributed by atoms with Crippen molar-refractivity contribution in [2.24, 2.45) is 5.41 Å². The molecule has 4 nitrogen and oxygen atoms in total. The third-order valence-electron chi connectivity index (χ3n) is 4.01. The third-order valence-corrected chi connectivity index (χ3v) is 4.01. The summed E-state index contributed by atoms with van der Waals surface area (Å²) in [6.07, 6.45) is 2.44. The molecule has 0 aromatic heterocycles. The average molecular weight is 294 g/mol. The molecule has 1 amide bonds. The van der Waals surface area contributed by atoms with E-state index in [1.807, 2.05) is 0 Å². The lowest BCUT2D eigenvalue weighted by Gasteiger charge is -2.39. The van der Waals surface area contributed by atoms with E-state index in [1.165, 1.54) is 12.1 Å². The van der Waals surface area contributed by atoms with Gasteiger partial charge < -0.3 is 15.3 Å². The minimum Gasteiger partial charge on any atom is -0.396 e. The van der Waals surface area contributed by atoms with Crippen LogP contribution in [0.3, 0.4) is 0 Å². The van der Waals surface area contributed by atoms with Gasteiger partial charge in [0.05, 0.1) is 0 Å². The third kappa shape index (κ3) is 4.79. The standard InChI is InChI=1S/C16H23FN2O2/c1-16(12-20)7-3-8-19(11-16)9-6-15(21)18-14-5-2-4-13(17)10-14/h2,4-5,10,20H,3,6-9,11-12H2,1H3,(H,18,21). The highest BCUT2D eigenvalue weighted by molar-refractivity contribution is 5.90. The quantitative estimate of drug-likeness (QED) is 0.876. The molecule has 2 N–H and O–H groups in total. The molecule has 0 saturated carbocycles. The van der Waals surface area contributed by atoms with Crippen molar-refractivity contribution in [2.45, 2.75) is 26.2 Å². The Morgan fingerprint density at radius 3 is 3.05 bits per heavy atom. The molecule has 1 aromatic carbocycles. The topological polar surface area (TPSA) is 52.6 Å². The van der Waals surface area contributed by atoms with Crippen molar-refractivity contribution in [2.75, 3.05) is 31.6 Å². The van der Waals surface area contributed by atoms with Gasteiger partial charge in [0.15, 0.2) is 0 Å². The second kappa shape index (κ2) is 7.00. The first-order valence-electron chi connectivity index (χ1n) is 7.39. The Balaban J connectivity index is 1.79. The number of carbonyl (C=O) groups excluding carboxylic acids is 1. The Morgan fingerprint density at radius 2 is 2.33 bits per heavy atom. The summed E-state index contributed by atoms with van der Waals surface area (Å²) in [7, 11) is 0. The molecule has 1 saturated heterocycles. The second-order valence-electron chi connectivity index (χ2n) is 6.16. The molecule has 1 aliphatic rings. The first kappa shape index (κ1) is 15.9. The van der Waals surface area contributed by atoms with E-state index in [4.69, 9.17) is 0 Å². The van der Waals surface area contributed by atoms with Crippen LogP contribution in [-0.4, -0.2) is 42.2 Å². The molecule has 5 heteroatoms. The first-order valence-corrected chi connectivity index (χ1v) is 7.39. The summed E-state index contributed by atoms with van der Waals surface area (Å²) < 4.78 is 13.0. The molecule has 0 bridgehead atoms. The van der Waals surface area contributed by atoms with Crippen LogP contribution in [-0.2, 0) is 4.79 Å². The normalized spacial score (nSPS) is 23.0. The van der Waals surface area contributed by atoms with Crippen LogP contribution in [0.4, 0.5) is 10.1 Å². The maximum Gasteiger partial charge on any atom is 0.225 e. The lowest BCUT2D eigenvalue weighted by Crippen LogP contribution is -2.44. The number of rotatable bonds is 5. The largest absolute Gasteiger partial charge is 0.396 e. The molecule has 0 spiro atoms. The van der Waals surface area contributed by atoms with Crippen molar-refractivity contribution in [1.82, 2.24) is 4.90 Å². The summed E-state index contributed by atoms with van der Waals surface area (Å²) in [6, 6.07) is 5.90. The maximum atomic E-state index is 13.0. The zero-order chi connectivity index (χ0) is 15.3. The van der Waals surface area contributed by atoms with Gasteiger partial charge in [-0.1, -0.05) is 13.0 Å². The molecular formula is C16H23FN2O2. The molecule has 1 aliphatic heterocycles. The van der Waals surface area contributed by atoms with Crippen LogP contribution in [0.25, 0.3) is 0 Å². The fraction of sp³-hybridized carbons (Fsp3) is 0.562. The van der Waals surface area contributed by atoms with Crippen LogP contribution in [0.2, 0.25) is 0 Å². The number of hydrogen-bond acceptors (Lipinski definition) is 3. The Bertz CT molecular complexity index is 495. The fourth-order valence-electron chi connectivity index (χ4n) is 2.80. The highest BCUT2D eigenvalue weighted by Gasteiger charge is 2.30. The summed E-state index contributed by atoms with van der Waals surface area (Å²) in [5.41, 5.74) is 0.427. The average Bonchev–Trinajstić information content (AvgIpc) is 2.45. The summed E-state index contributed by atoms with van der Waals surface area (Å²) >= 11 is 0. The Labute approximate surface area is 125 Å². The van der Waals surface area contributed by atoms with Gasteiger partial charge in [-0.3, -0.25) is 4.79 Å². The highest BCUT2D eigenvalue weighted by atomic mass is 19.1. The van der Waals surface area contributed by atoms with Crippen LogP contribution < -0.4 is 5.32 Å². The van der Waals surface area contributed by atoms with Crippen LogP contribution in [0.1, 0.15) is 26.2 Å². The van der Waals surface area contributed by atoms with Gasteiger partial charge in [0.25, 0.3) is 0 Å². The zero-order valence-corrected chi connectivity index (χ0v) is 12.4. The van der Waals surface area contributed by atoms with E-state index >= 15 is 0 Å². The molecule has 1 unspecified atom stereocenters. The van der Waals surface area contributed by atoms with Crippen molar-refractivity contribution in [3.05, 3.63) is 30.1 Å². The molecule has 116 valence electrons. The van der Waals surface area contributed by atoms with Crippen LogP contribution in [0.15, 0.2) is 24.3 Å². The zero-order valence-electron chi connectivity index (χ0n) is 12.4. The summed E-state index contributed by atoms with van der Waals surface area (Å²) in [5, 5.41) is 12.1. The van der Waals surface area contributed by atoms with Gasteiger partial charge in [-0.15, -0.1) is 0 Å². The van der Waals surface area contributed by atoms with Gasteiger partial charge in [0, 0.05) is 37.2 Å². The lowest BCUT2D eigenvalue weighted by molar-refractivity contribution is -0.116. The number of nitrogens with zero attached hydrogens (tertiary/aromatic N) is 1. The van der Waals surface area contributed by atoms with E-state index in [-0.39, 0.29) is 23.7 Å². The highest BCUT2D eigenvalue weighted by Crippen LogP contribution is 2.28. The van der Waals surface area contributed by atoms with Crippen molar-refractivity contribution in [3.8, 4) is 0 Å². The number of amides is 1. The van der Waals surface area contributed by atoms with Crippen molar-refractivity contribution in [3.63, 3.8) is 0 Å². The second-order valence-corrected chi connectivity index (χ2v) is 6.16. The Hall–Kier alpha value is -1.46. The molecule has 21 heavy (non-hydrogen) atoms. The van der Waals surface area contributed by atoms with Crippen molar-refractivity contribution >= 4 is 11.6 Å². The first-order chi connectivity index (χ1) is 10.0. The molecule has 1 fully saturated rings. The van der Waals surface area contributed by atoms with Gasteiger partial charge in [-0.25, -0.2) is 4.39 Å². The van der Waals surface area contributed by atoms with E-state index in [0.717, 1.165) is 25.9 Å². The van der Waals surface area contributed by atoms with Crippen LogP contribution >= 0.6 is 0 Å². The van der Waals surface area contributed by atoms with Gasteiger partial charge >= 0.3 is 0 Å². The number of aliphatic hydroxyl groups excluding tert-OH is 1. The number of piperidine rings is 1. The Kier molecular flexibility index (Phi) is 5.31. The van der Waals surface area contributed by atoms with Gasteiger partial charge in [0.2, 0.25) is 5.91 Å². The number of benzene rings is 1. The molecule has 2 rings (SSSR count). The SMILES string of the molecule is CC1(CO)CCCN(CCC(=O)Nc2cccc(F)c2)C1. The van der Waals surface area contributed by atoms with E-state index in [1.54, 1.807) is 12.1 Å². The molecule has 1 heterocycles. The minimum atomic E-state index is -0.359. The van der Waals surface area contributed by atoms with Crippen LogP contribution in [0, 0.1) is 11.2 Å². The molecule has 0 aliphatic carbocycles. The van der Waals surface area contributed by atoms with E-state index in [2.05, 4.69) is 17.1 Å². The maximum absolute atomic E-state index is 13.0. The van der Waals surface area contributed by atoms with E-state index in [9.17, 15) is 14.3 Å². The predicted octanol–water partition coefficient (Wildman–Crippen LogP) is 2.25. The number of hydrogen-bond donors (Lipinski definition) is 2. The van der Waals surface area contributed by atoms with Gasteiger partial charge in [0.1, 0.15) is 5.82 Å². The van der Waals surface area contributed by atoms with Crippen LogP contribution in [0.5, 0.6) is 0 Å². The number of anilines is 1. The fourth-order valence-corrected chi connectivity index (χ4v) is 2.80. The molecule has 1 aromatic rings. The number of carbonyl (C=O) groups is 1. The molecule has 1 atom stereocenters. The minimum absolute atomic E-state index is 0.0582. The summed E-state index contributed by atoms with van der Waals surface area (Å²) in [6.45, 7) is 4.70. The van der Waals surface area contributed by atoms with Crippen molar-refractivity contribution in [1.29, 1.82) is 0 Å². The van der Waals surface area contributed by atoms with Crippen molar-refractivity contribution < 1.29 is 14.3 Å². The molecule has 0 radical (unpaired) electrons. The summed E-state index contributed by atoms with van der Waals surface area (Å²) in [5.74, 6) is -0.473. The van der Waals surface area contributed by atoms with E-state index < -0.39 is 0 Å². The number of likely N-dealkylation sites (tertiary alicyclic amines) is 1. The van der Waals surface area contributed by atoms with Gasteiger partial charge in [-0.05, 0) is 37.6 Å². The lowest BCUT2D eigenvalue weighted by atomic mass is 9.83. The van der Waals surface area contributed by atoms with E-state index in [0.29, 0.717) is 18.7 Å². The number of nitrogens with one attached hydrogen (secondary N) is 1. The Morgan fingerprint density at radius 1 is 1.52 bits per heavy atom. The molecular weight excluding hydrogens is 271 g/mol. The van der Waals surface area contributed by atoms with Gasteiger partial charge in [-0.2, -0.15) is 0 Å². The smallest absolute Gasteiger partial charge is 0.225 e. The number of aliphatic hydroxyl groups is 1. The monoisotopic (exact) mass is 294 g/mol. The summed E-state index contributed by atoms with van der Waals surface area (Å²) in [4.78, 5) is 14.1.